The number of halogens is 2. The minimum absolute atomic E-state index is 0. The van der Waals surface area contributed by atoms with Crippen molar-refractivity contribution in [2.75, 3.05) is 0 Å². The topological polar surface area (TPSA) is 0 Å². The molecule has 4 aromatic carbocycles. The van der Waals surface area contributed by atoms with Crippen molar-refractivity contribution in [1.29, 1.82) is 0 Å². The molecule has 4 heteroatoms. The van der Waals surface area contributed by atoms with Gasteiger partial charge in [-0.15, -0.1) is 24.8 Å². The third-order valence-corrected chi connectivity index (χ3v) is 42.3. The van der Waals surface area contributed by atoms with Crippen LogP contribution in [0.2, 0.25) is 9.26 Å². The van der Waals surface area contributed by atoms with Crippen molar-refractivity contribution in [2.45, 2.75) is 181 Å². The van der Waals surface area contributed by atoms with Crippen molar-refractivity contribution in [3.63, 3.8) is 0 Å². The number of rotatable bonds is 10. The number of fused-ring (bicyclic) bond motifs is 6. The summed E-state index contributed by atoms with van der Waals surface area (Å²) in [7, 11) is 0. The van der Waals surface area contributed by atoms with Crippen molar-refractivity contribution in [3.05, 3.63) is 129 Å². The molecular weight excluding hydrogens is 1010 g/mol. The number of benzene rings is 4. The molecule has 4 aromatic rings. The summed E-state index contributed by atoms with van der Waals surface area (Å²) in [5.74, 6) is 7.88. The number of hydrogen-bond donors (Lipinski definition) is 0. The fourth-order valence-electron chi connectivity index (χ4n) is 23.1. The average Bonchev–Trinajstić information content (AvgIpc) is 4.21. The predicted octanol–water partition coefficient (Wildman–Crippen LogP) is 18.7. The Morgan fingerprint density at radius 2 is 0.764 bits per heavy atom. The van der Waals surface area contributed by atoms with Crippen molar-refractivity contribution >= 4 is 43.8 Å². The molecule has 2 unspecified atom stereocenters. The Balaban J connectivity index is 0.00000241. The van der Waals surface area contributed by atoms with Gasteiger partial charge in [0.05, 0.1) is 0 Å². The van der Waals surface area contributed by atoms with Gasteiger partial charge in [0, 0.05) is 0 Å². The van der Waals surface area contributed by atoms with Gasteiger partial charge in [-0.05, 0) is 0 Å². The van der Waals surface area contributed by atoms with Crippen LogP contribution in [0.1, 0.15) is 195 Å². The fourth-order valence-corrected chi connectivity index (χ4v) is 42.7. The maximum atomic E-state index is 2.99. The van der Waals surface area contributed by atoms with E-state index in [1.54, 1.807) is 33.4 Å². The Kier molecular flexibility index (Phi) is 11.3. The van der Waals surface area contributed by atoms with Gasteiger partial charge < -0.3 is 0 Å². The molecule has 18 rings (SSSR count). The Morgan fingerprint density at radius 3 is 1.07 bits per heavy atom. The van der Waals surface area contributed by atoms with Crippen LogP contribution in [0.3, 0.4) is 0 Å². The van der Waals surface area contributed by atoms with Crippen LogP contribution in [0.5, 0.6) is 0 Å². The first-order valence-corrected chi connectivity index (χ1v) is 43.5. The van der Waals surface area contributed by atoms with Gasteiger partial charge >= 0.3 is 428 Å². The fraction of sp³-hybridized carbons (Fsp3) is 0.588. The average molecular weight is 1090 g/mol. The zero-order chi connectivity index (χ0) is 46.4. The van der Waals surface area contributed by atoms with Crippen LogP contribution in [0.4, 0.5) is 0 Å². The van der Waals surface area contributed by atoms with Crippen LogP contribution in [-0.4, -0.2) is 6.88 Å². The van der Waals surface area contributed by atoms with Gasteiger partial charge in [-0.1, -0.05) is 0 Å². The van der Waals surface area contributed by atoms with E-state index < -0.39 is 17.4 Å². The van der Waals surface area contributed by atoms with Gasteiger partial charge in [-0.3, -0.25) is 0 Å². The zero-order valence-corrected chi connectivity index (χ0v) is 49.5. The Morgan fingerprint density at radius 1 is 0.431 bits per heavy atom. The van der Waals surface area contributed by atoms with Gasteiger partial charge in [-0.25, -0.2) is 0 Å². The summed E-state index contributed by atoms with van der Waals surface area (Å²) in [5.41, 5.74) is 21.6. The molecule has 0 saturated heterocycles. The Bertz CT molecular complexity index is 2700. The standard InChI is InChI=1S/2C33H37.2CH3.2ClH.H2Si.Zr/c2*1-2-28-15-26(18-32-10-8-22(17-32)9-11-32)16-31(28)30(3-1)27-4-6-29(7-5-27)33-19-23-12-24(20-33)14-25(13-23)21-33;;;;;;/h2*1-7,15-16,22-25H,8-14,17-21H2;2*1H3;2*1H;1H2;. The van der Waals surface area contributed by atoms with Gasteiger partial charge in [-0.2, -0.15) is 0 Å². The summed E-state index contributed by atoms with van der Waals surface area (Å²) in [6, 6.07) is 36.2. The summed E-state index contributed by atoms with van der Waals surface area (Å²) < 4.78 is 7.15. The zero-order valence-electron chi connectivity index (χ0n) is 44.0. The molecule has 0 N–H and O–H groups in total. The molecule has 0 heterocycles. The normalized spacial score (nSPS) is 40.0. The molecule has 14 aliphatic rings. The summed E-state index contributed by atoms with van der Waals surface area (Å²) in [6.07, 6.45) is 41.0. The SMILES string of the molecule is Cl.Cl.[CH3][Zr]([CH3])(=[SiH2])([CH]1C(CC23CCC(CC2)C3)=Cc2c(-c3ccc(C45CC6CC(CC(C6)C4)C5)cc3)cccc21)[CH]1C(CC23CCC(CC2)C3)=Cc2c(-c3ccc(C45CC6CC(CC(C6)C4)C5)cc3)cccc21. The van der Waals surface area contributed by atoms with E-state index in [0.717, 1.165) is 47.3 Å². The van der Waals surface area contributed by atoms with E-state index in [2.05, 4.69) is 113 Å². The van der Waals surface area contributed by atoms with E-state index >= 15 is 0 Å². The van der Waals surface area contributed by atoms with E-state index in [1.807, 2.05) is 11.1 Å². The molecule has 12 saturated carbocycles. The van der Waals surface area contributed by atoms with Crippen LogP contribution in [0, 0.1) is 58.2 Å². The second-order valence-electron chi connectivity index (χ2n) is 30.1. The van der Waals surface area contributed by atoms with Crippen LogP contribution in [0.15, 0.2) is 96.1 Å². The van der Waals surface area contributed by atoms with Gasteiger partial charge in [0.15, 0.2) is 0 Å². The number of allylic oxidation sites excluding steroid dienone is 2. The van der Waals surface area contributed by atoms with Gasteiger partial charge in [0.25, 0.3) is 0 Å². The molecule has 72 heavy (non-hydrogen) atoms. The number of hydrogen-bond acceptors (Lipinski definition) is 0. The van der Waals surface area contributed by atoms with E-state index in [0.29, 0.717) is 28.9 Å². The molecule has 0 aliphatic heterocycles. The molecule has 0 aromatic heterocycles. The first-order chi connectivity index (χ1) is 33.9. The summed E-state index contributed by atoms with van der Waals surface area (Å²) in [6.45, 7) is 2.65. The van der Waals surface area contributed by atoms with Crippen LogP contribution in [-0.2, 0) is 28.2 Å². The Labute approximate surface area is 448 Å². The van der Waals surface area contributed by atoms with Gasteiger partial charge in [0.1, 0.15) is 0 Å². The monoisotopic (exact) mass is 1090 g/mol. The van der Waals surface area contributed by atoms with Crippen molar-refractivity contribution in [1.82, 2.24) is 0 Å². The van der Waals surface area contributed by atoms with Crippen molar-refractivity contribution < 1.29 is 17.4 Å². The van der Waals surface area contributed by atoms with Crippen LogP contribution >= 0.6 is 24.8 Å². The van der Waals surface area contributed by atoms with E-state index in [-0.39, 0.29) is 24.8 Å². The second-order valence-corrected chi connectivity index (χ2v) is 60.5. The quantitative estimate of drug-likeness (QED) is 0.139. The first-order valence-electron chi connectivity index (χ1n) is 29.8. The molecule has 378 valence electrons. The molecule has 14 aliphatic carbocycles. The minimum atomic E-state index is -3.98. The molecule has 0 spiro atoms. The third kappa shape index (κ3) is 7.35. The summed E-state index contributed by atoms with van der Waals surface area (Å²) in [4.78, 5) is 0. The molecule has 12 bridgehead atoms. The summed E-state index contributed by atoms with van der Waals surface area (Å²) in [5, 5.41) is 0. The first kappa shape index (κ1) is 48.4. The van der Waals surface area contributed by atoms with Crippen LogP contribution in [0.25, 0.3) is 34.4 Å². The summed E-state index contributed by atoms with van der Waals surface area (Å²) >= 11 is -3.98. The molecule has 2 atom stereocenters. The van der Waals surface area contributed by atoms with E-state index in [1.165, 1.54) is 176 Å². The maximum absolute atomic E-state index is 3.98. The second kappa shape index (κ2) is 16.8. The molecule has 0 nitrogen and oxygen atoms in total. The molecular formula is C68H84Cl2SiZr. The molecule has 0 amide bonds. The van der Waals surface area contributed by atoms with Gasteiger partial charge in [0.2, 0.25) is 0 Å². The van der Waals surface area contributed by atoms with E-state index in [9.17, 15) is 0 Å². The predicted molar refractivity (Wildman–Crippen MR) is 307 cm³/mol. The van der Waals surface area contributed by atoms with Crippen molar-refractivity contribution in [3.8, 4) is 22.3 Å². The Hall–Kier alpha value is -1.96. The van der Waals surface area contributed by atoms with E-state index in [4.69, 9.17) is 0 Å². The third-order valence-electron chi connectivity index (χ3n) is 24.8. The van der Waals surface area contributed by atoms with Crippen molar-refractivity contribution in [2.24, 2.45) is 58.2 Å². The van der Waals surface area contributed by atoms with Crippen LogP contribution < -0.4 is 0 Å². The molecule has 12 fully saturated rings. The molecule has 0 radical (unpaired) electrons.